The van der Waals surface area contributed by atoms with E-state index in [-0.39, 0.29) is 41.1 Å². The molecule has 0 nitrogen and oxygen atoms in total. The van der Waals surface area contributed by atoms with E-state index < -0.39 is 0 Å². The summed E-state index contributed by atoms with van der Waals surface area (Å²) < 4.78 is 1.57. The van der Waals surface area contributed by atoms with E-state index in [1.54, 1.807) is 20.0 Å². The van der Waals surface area contributed by atoms with Crippen LogP contribution in [-0.2, 0) is 35.5 Å². The van der Waals surface area contributed by atoms with Crippen molar-refractivity contribution in [3.8, 4) is 11.1 Å². The van der Waals surface area contributed by atoms with Gasteiger partial charge < -0.3 is 24.8 Å². The number of rotatable bonds is 1. The third-order valence-corrected chi connectivity index (χ3v) is 8.78. The first-order valence-electron chi connectivity index (χ1n) is 12.0. The van der Waals surface area contributed by atoms with Crippen LogP contribution in [0.4, 0.5) is 0 Å². The van der Waals surface area contributed by atoms with Crippen molar-refractivity contribution in [1.82, 2.24) is 0 Å². The van der Waals surface area contributed by atoms with E-state index in [1.165, 1.54) is 58.1 Å². The second kappa shape index (κ2) is 9.69. The predicted molar refractivity (Wildman–Crippen MR) is 136 cm³/mol. The van der Waals surface area contributed by atoms with Crippen molar-refractivity contribution < 1.29 is 49.5 Å². The zero-order valence-electron chi connectivity index (χ0n) is 22.5. The monoisotopic (exact) mass is 571 g/mol. The summed E-state index contributed by atoms with van der Waals surface area (Å²) in [6.07, 6.45) is 3.59. The zero-order chi connectivity index (χ0) is 23.8. The summed E-state index contributed by atoms with van der Waals surface area (Å²) in [5.41, 5.74) is 14.2. The van der Waals surface area contributed by atoms with E-state index in [0.29, 0.717) is 5.92 Å². The molecule has 0 bridgehead atoms. The molecule has 0 amide bonds. The predicted octanol–water partition coefficient (Wildman–Crippen LogP) is 2.27. The average molecular weight is 574 g/mol. The number of benzene rings is 2. The number of hydrogen-bond acceptors (Lipinski definition) is 0. The molecule has 34 heavy (non-hydrogen) atoms. The summed E-state index contributed by atoms with van der Waals surface area (Å²) in [4.78, 5) is 0. The zero-order valence-corrected chi connectivity index (χ0v) is 26.5. The van der Waals surface area contributed by atoms with Crippen molar-refractivity contribution in [3.63, 3.8) is 0 Å². The van der Waals surface area contributed by atoms with Gasteiger partial charge in [0.1, 0.15) is 0 Å². The summed E-state index contributed by atoms with van der Waals surface area (Å²) in [5, 5.41) is 0. The Morgan fingerprint density at radius 3 is 1.85 bits per heavy atom. The number of allylic oxidation sites excluding steroid dienone is 4. The Morgan fingerprint density at radius 1 is 0.765 bits per heavy atom. The molecule has 0 aromatic heterocycles. The van der Waals surface area contributed by atoms with Crippen molar-refractivity contribution in [2.24, 2.45) is 5.41 Å². The van der Waals surface area contributed by atoms with E-state index >= 15 is 0 Å². The first kappa shape index (κ1) is 29.6. The Balaban J connectivity index is 0.00000204. The maximum absolute atomic E-state index is 2.53. The molecule has 2 aromatic rings. The fourth-order valence-electron chi connectivity index (χ4n) is 5.37. The maximum atomic E-state index is 2.53. The number of hydrogen-bond donors (Lipinski definition) is 0. The molecule has 0 spiro atoms. The maximum Gasteiger partial charge on any atom is -1.00 e. The Kier molecular flexibility index (Phi) is 8.44. The van der Waals surface area contributed by atoms with Crippen LogP contribution in [0.2, 0.25) is 0 Å². The van der Waals surface area contributed by atoms with Crippen LogP contribution in [0.3, 0.4) is 0 Å². The topological polar surface area (TPSA) is 0 Å². The van der Waals surface area contributed by atoms with Crippen molar-refractivity contribution >= 4 is 3.27 Å². The number of fused-ring (bicyclic) bond motifs is 3. The van der Waals surface area contributed by atoms with Crippen molar-refractivity contribution in [3.05, 3.63) is 75.4 Å². The number of halogens is 2. The van der Waals surface area contributed by atoms with Gasteiger partial charge in [-0.3, -0.25) is 0 Å². The molecule has 0 saturated heterocycles. The van der Waals surface area contributed by atoms with Crippen LogP contribution in [0.25, 0.3) is 11.1 Å². The van der Waals surface area contributed by atoms with Crippen LogP contribution in [0.5, 0.6) is 0 Å². The molecule has 2 aliphatic rings. The Morgan fingerprint density at radius 2 is 1.35 bits per heavy atom. The molecule has 0 heterocycles. The van der Waals surface area contributed by atoms with Gasteiger partial charge in [0.2, 0.25) is 0 Å². The smallest absolute Gasteiger partial charge is 1.00 e. The molecule has 2 aliphatic carbocycles. The molecular formula is C31H39Cl2Zr. The molecule has 0 radical (unpaired) electrons. The minimum atomic E-state index is 0. The van der Waals surface area contributed by atoms with Crippen molar-refractivity contribution in [2.75, 3.05) is 0 Å². The minimum Gasteiger partial charge on any atom is -1.00 e. The molecular weight excluding hydrogens is 534 g/mol. The fourth-order valence-corrected chi connectivity index (χ4v) is 7.18. The van der Waals surface area contributed by atoms with E-state index in [2.05, 4.69) is 106 Å². The Labute approximate surface area is 235 Å². The van der Waals surface area contributed by atoms with Crippen molar-refractivity contribution in [1.29, 1.82) is 0 Å². The third kappa shape index (κ3) is 5.10. The summed E-state index contributed by atoms with van der Waals surface area (Å²) in [6, 6.07) is 12.1. The van der Waals surface area contributed by atoms with Crippen LogP contribution < -0.4 is 28.1 Å². The average Bonchev–Trinajstić information content (AvgIpc) is 3.18. The first-order valence-corrected chi connectivity index (χ1v) is 13.3. The van der Waals surface area contributed by atoms with Gasteiger partial charge in [-0.25, -0.2) is 0 Å². The minimum absolute atomic E-state index is 0. The van der Waals surface area contributed by atoms with E-state index in [9.17, 15) is 0 Å². The molecule has 0 aliphatic heterocycles. The van der Waals surface area contributed by atoms with Crippen LogP contribution in [0.1, 0.15) is 104 Å². The SMILES string of the molecule is CC1=C(C2c3cc(C(C)(C)C)ccc3-c3ccc(C(C)(C)C)[c]([Zr+2])c32)CC(C(C)(C)C)=C1.[Cl-].[Cl-]. The van der Waals surface area contributed by atoms with Crippen molar-refractivity contribution in [2.45, 2.75) is 92.4 Å². The van der Waals surface area contributed by atoms with E-state index in [4.69, 9.17) is 0 Å². The second-order valence-corrected chi connectivity index (χ2v) is 14.2. The van der Waals surface area contributed by atoms with Gasteiger partial charge in [-0.2, -0.15) is 0 Å². The van der Waals surface area contributed by atoms with Gasteiger partial charge in [-0.15, -0.1) is 0 Å². The van der Waals surface area contributed by atoms with Gasteiger partial charge in [-0.05, 0) is 0 Å². The summed E-state index contributed by atoms with van der Waals surface area (Å²) in [5.74, 6) is 0.384. The first-order chi connectivity index (χ1) is 14.6. The normalized spacial score (nSPS) is 17.6. The van der Waals surface area contributed by atoms with Gasteiger partial charge >= 0.3 is 212 Å². The van der Waals surface area contributed by atoms with Gasteiger partial charge in [0.05, 0.1) is 0 Å². The van der Waals surface area contributed by atoms with E-state index in [1.807, 2.05) is 0 Å². The molecule has 2 aromatic carbocycles. The third-order valence-electron chi connectivity index (χ3n) is 7.45. The van der Waals surface area contributed by atoms with Gasteiger partial charge in [0.15, 0.2) is 0 Å². The van der Waals surface area contributed by atoms with Crippen LogP contribution in [0, 0.1) is 5.41 Å². The van der Waals surface area contributed by atoms with Crippen LogP contribution >= 0.6 is 0 Å². The van der Waals surface area contributed by atoms with Crippen LogP contribution in [0.15, 0.2) is 53.1 Å². The van der Waals surface area contributed by atoms with Gasteiger partial charge in [0, 0.05) is 0 Å². The summed E-state index contributed by atoms with van der Waals surface area (Å²) >= 11 is 1.53. The fraction of sp³-hybridized carbons (Fsp3) is 0.484. The standard InChI is InChI=1S/C31H39.2ClH.Zr/c1-19-15-22(31(8,9)10)18-25(19)28-26-16-20(29(2,3)4)11-13-23(26)24-14-12-21(17-27(24)28)30(5,6)7;;;/h11-16,28H,18H2,1-10H3;2*1H;/q;;;+2/p-2. The quantitative estimate of drug-likeness (QED) is 0.491. The second-order valence-electron chi connectivity index (χ2n) is 13.0. The Hall–Kier alpha value is -0.617. The molecule has 181 valence electrons. The molecule has 0 fully saturated rings. The van der Waals surface area contributed by atoms with E-state index in [0.717, 1.165) is 6.42 Å². The molecule has 4 rings (SSSR count). The largest absolute Gasteiger partial charge is 1.00 e. The molecule has 3 heteroatoms. The summed E-state index contributed by atoms with van der Waals surface area (Å²) in [6.45, 7) is 23.5. The molecule has 1 atom stereocenters. The molecule has 0 N–H and O–H groups in total. The van der Waals surface area contributed by atoms with Gasteiger partial charge in [0.25, 0.3) is 0 Å². The molecule has 0 saturated carbocycles. The van der Waals surface area contributed by atoms with Gasteiger partial charge in [-0.1, -0.05) is 0 Å². The molecule has 1 unspecified atom stereocenters. The van der Waals surface area contributed by atoms with Crippen LogP contribution in [-0.4, -0.2) is 0 Å². The Bertz CT molecular complexity index is 1160. The summed E-state index contributed by atoms with van der Waals surface area (Å²) in [7, 11) is 0.